The van der Waals surface area contributed by atoms with E-state index >= 15 is 0 Å². The molecule has 1 heterocycles. The molecule has 1 fully saturated rings. The first-order chi connectivity index (χ1) is 8.66. The molecule has 1 aromatic carbocycles. The molecule has 1 saturated heterocycles. The smallest absolute Gasteiger partial charge is 0.229 e. The van der Waals surface area contributed by atoms with Gasteiger partial charge in [0.25, 0.3) is 0 Å². The van der Waals surface area contributed by atoms with Gasteiger partial charge in [0.15, 0.2) is 0 Å². The third kappa shape index (κ3) is 3.31. The average Bonchev–Trinajstić information content (AvgIpc) is 2.40. The van der Waals surface area contributed by atoms with E-state index in [0.717, 1.165) is 30.7 Å². The van der Waals surface area contributed by atoms with Crippen molar-refractivity contribution in [2.24, 2.45) is 11.7 Å². The second kappa shape index (κ2) is 5.98. The van der Waals surface area contributed by atoms with Crippen molar-refractivity contribution >= 4 is 11.6 Å². The van der Waals surface area contributed by atoms with Crippen LogP contribution in [0.15, 0.2) is 24.3 Å². The summed E-state index contributed by atoms with van der Waals surface area (Å²) in [5.41, 5.74) is 7.65. The predicted octanol–water partition coefficient (Wildman–Crippen LogP) is 2.07. The van der Waals surface area contributed by atoms with E-state index in [1.165, 1.54) is 0 Å². The third-order valence-electron chi connectivity index (χ3n) is 3.21. The average molecular weight is 248 g/mol. The molecule has 4 nitrogen and oxygen atoms in total. The van der Waals surface area contributed by atoms with Crippen LogP contribution >= 0.6 is 0 Å². The second-order valence-electron chi connectivity index (χ2n) is 4.82. The molecule has 0 bridgehead atoms. The number of nitrogens with two attached hydrogens (primary N) is 1. The first kappa shape index (κ1) is 13.1. The van der Waals surface area contributed by atoms with Gasteiger partial charge in [-0.15, -0.1) is 0 Å². The Kier molecular flexibility index (Phi) is 4.33. The molecule has 1 aliphatic rings. The zero-order valence-electron chi connectivity index (χ0n) is 10.7. The van der Waals surface area contributed by atoms with Gasteiger partial charge in [0.1, 0.15) is 0 Å². The molecule has 2 atom stereocenters. The number of anilines is 1. The Hall–Kier alpha value is -1.39. The first-order valence-electron chi connectivity index (χ1n) is 6.41. The van der Waals surface area contributed by atoms with Crippen molar-refractivity contribution in [1.82, 2.24) is 0 Å². The van der Waals surface area contributed by atoms with Crippen LogP contribution < -0.4 is 11.1 Å². The van der Waals surface area contributed by atoms with Crippen LogP contribution in [0, 0.1) is 5.92 Å². The molecule has 1 amide bonds. The lowest BCUT2D eigenvalue weighted by Crippen LogP contribution is -2.30. The Morgan fingerprint density at radius 2 is 2.39 bits per heavy atom. The third-order valence-corrected chi connectivity index (χ3v) is 3.21. The quantitative estimate of drug-likeness (QED) is 0.860. The zero-order chi connectivity index (χ0) is 13.0. The van der Waals surface area contributed by atoms with Crippen LogP contribution in [0.1, 0.15) is 31.4 Å². The summed E-state index contributed by atoms with van der Waals surface area (Å²) in [7, 11) is 0. The van der Waals surface area contributed by atoms with Crippen molar-refractivity contribution in [1.29, 1.82) is 0 Å². The molecule has 1 aliphatic heterocycles. The highest BCUT2D eigenvalue weighted by molar-refractivity contribution is 5.92. The molecule has 2 rings (SSSR count). The van der Waals surface area contributed by atoms with Gasteiger partial charge in [-0.1, -0.05) is 12.1 Å². The van der Waals surface area contributed by atoms with Crippen molar-refractivity contribution in [2.45, 2.75) is 25.8 Å². The molecule has 0 radical (unpaired) electrons. The van der Waals surface area contributed by atoms with Gasteiger partial charge in [-0.2, -0.15) is 0 Å². The molecule has 4 heteroatoms. The van der Waals surface area contributed by atoms with Crippen LogP contribution in [0.2, 0.25) is 0 Å². The van der Waals surface area contributed by atoms with Crippen LogP contribution in [0.3, 0.4) is 0 Å². The number of hydrogen-bond acceptors (Lipinski definition) is 3. The van der Waals surface area contributed by atoms with Gasteiger partial charge in [0.2, 0.25) is 5.91 Å². The highest BCUT2D eigenvalue weighted by atomic mass is 16.5. The van der Waals surface area contributed by atoms with E-state index in [0.29, 0.717) is 6.61 Å². The standard InChI is InChI=1S/C14H20N2O2/c1-10(15)11-4-2-6-13(8-11)16-14(17)12-5-3-7-18-9-12/h2,4,6,8,10,12H,3,5,7,9,15H2,1H3,(H,16,17). The van der Waals surface area contributed by atoms with E-state index in [2.05, 4.69) is 5.32 Å². The molecule has 0 aromatic heterocycles. The topological polar surface area (TPSA) is 64.3 Å². The fraction of sp³-hybridized carbons (Fsp3) is 0.500. The van der Waals surface area contributed by atoms with Crippen LogP contribution in [-0.2, 0) is 9.53 Å². The first-order valence-corrected chi connectivity index (χ1v) is 6.41. The summed E-state index contributed by atoms with van der Waals surface area (Å²) < 4.78 is 5.32. The Balaban J connectivity index is 1.99. The van der Waals surface area contributed by atoms with Gasteiger partial charge in [-0.25, -0.2) is 0 Å². The summed E-state index contributed by atoms with van der Waals surface area (Å²) in [6, 6.07) is 7.65. The second-order valence-corrected chi connectivity index (χ2v) is 4.82. The fourth-order valence-corrected chi connectivity index (χ4v) is 2.09. The number of rotatable bonds is 3. The lowest BCUT2D eigenvalue weighted by atomic mass is 10.0. The minimum Gasteiger partial charge on any atom is -0.381 e. The number of carbonyl (C=O) groups excluding carboxylic acids is 1. The van der Waals surface area contributed by atoms with E-state index in [9.17, 15) is 4.79 Å². The van der Waals surface area contributed by atoms with Gasteiger partial charge in [-0.3, -0.25) is 4.79 Å². The van der Waals surface area contributed by atoms with E-state index in [1.54, 1.807) is 0 Å². The number of ether oxygens (including phenoxy) is 1. The summed E-state index contributed by atoms with van der Waals surface area (Å²) >= 11 is 0. The maximum absolute atomic E-state index is 12.0. The Bertz CT molecular complexity index is 412. The predicted molar refractivity (Wildman–Crippen MR) is 71.2 cm³/mol. The number of hydrogen-bond donors (Lipinski definition) is 2. The summed E-state index contributed by atoms with van der Waals surface area (Å²) in [5.74, 6) is 0.00855. The van der Waals surface area contributed by atoms with E-state index in [-0.39, 0.29) is 17.9 Å². The van der Waals surface area contributed by atoms with Gasteiger partial charge >= 0.3 is 0 Å². The monoisotopic (exact) mass is 248 g/mol. The van der Waals surface area contributed by atoms with Crippen LogP contribution in [0.4, 0.5) is 5.69 Å². The van der Waals surface area contributed by atoms with Gasteiger partial charge in [0.05, 0.1) is 12.5 Å². The molecular weight excluding hydrogens is 228 g/mol. The number of carbonyl (C=O) groups is 1. The Labute approximate surface area is 108 Å². The van der Waals surface area contributed by atoms with Crippen molar-refractivity contribution in [3.63, 3.8) is 0 Å². The maximum atomic E-state index is 12.0. The number of nitrogens with one attached hydrogen (secondary N) is 1. The molecular formula is C14H20N2O2. The van der Waals surface area contributed by atoms with Crippen LogP contribution in [0.5, 0.6) is 0 Å². The van der Waals surface area contributed by atoms with Crippen molar-refractivity contribution < 1.29 is 9.53 Å². The van der Waals surface area contributed by atoms with Gasteiger partial charge in [-0.05, 0) is 37.5 Å². The lowest BCUT2D eigenvalue weighted by Gasteiger charge is -2.21. The summed E-state index contributed by atoms with van der Waals surface area (Å²) in [4.78, 5) is 12.0. The SMILES string of the molecule is CC(N)c1cccc(NC(=O)C2CCCOC2)c1. The van der Waals surface area contributed by atoms with E-state index < -0.39 is 0 Å². The van der Waals surface area contributed by atoms with Crippen molar-refractivity contribution in [3.8, 4) is 0 Å². The van der Waals surface area contributed by atoms with Gasteiger partial charge in [0, 0.05) is 18.3 Å². The Morgan fingerprint density at radius 1 is 1.56 bits per heavy atom. The van der Waals surface area contributed by atoms with Gasteiger partial charge < -0.3 is 15.8 Å². The minimum atomic E-state index is -0.0299. The largest absolute Gasteiger partial charge is 0.381 e. The molecule has 3 N–H and O–H groups in total. The summed E-state index contributed by atoms with van der Waals surface area (Å²) in [5, 5.41) is 2.93. The normalized spacial score (nSPS) is 21.3. The van der Waals surface area contributed by atoms with Crippen molar-refractivity contribution in [2.75, 3.05) is 18.5 Å². The molecule has 1 aromatic rings. The molecule has 0 aliphatic carbocycles. The maximum Gasteiger partial charge on any atom is 0.229 e. The molecule has 0 saturated carbocycles. The lowest BCUT2D eigenvalue weighted by molar-refractivity contribution is -0.123. The highest BCUT2D eigenvalue weighted by Crippen LogP contribution is 2.19. The van der Waals surface area contributed by atoms with Crippen LogP contribution in [0.25, 0.3) is 0 Å². The number of amides is 1. The summed E-state index contributed by atoms with van der Waals surface area (Å²) in [6.07, 6.45) is 1.86. The molecule has 18 heavy (non-hydrogen) atoms. The summed E-state index contributed by atoms with van der Waals surface area (Å²) in [6.45, 7) is 3.22. The van der Waals surface area contributed by atoms with E-state index in [4.69, 9.17) is 10.5 Å². The molecule has 98 valence electrons. The Morgan fingerprint density at radius 3 is 3.06 bits per heavy atom. The zero-order valence-corrected chi connectivity index (χ0v) is 10.7. The minimum absolute atomic E-state index is 0.0279. The highest BCUT2D eigenvalue weighted by Gasteiger charge is 2.21. The number of benzene rings is 1. The van der Waals surface area contributed by atoms with E-state index in [1.807, 2.05) is 31.2 Å². The van der Waals surface area contributed by atoms with Crippen molar-refractivity contribution in [3.05, 3.63) is 29.8 Å². The fourth-order valence-electron chi connectivity index (χ4n) is 2.09. The molecule has 2 unspecified atom stereocenters. The van der Waals surface area contributed by atoms with Crippen LogP contribution in [-0.4, -0.2) is 19.1 Å². The molecule has 0 spiro atoms.